The minimum absolute atomic E-state index is 0. The van der Waals surface area contributed by atoms with Crippen molar-refractivity contribution < 1.29 is 9.53 Å². The fourth-order valence-electron chi connectivity index (χ4n) is 3.98. The number of ether oxygens (including phenoxy) is 1. The summed E-state index contributed by atoms with van der Waals surface area (Å²) >= 11 is 0. The second kappa shape index (κ2) is 9.91. The van der Waals surface area contributed by atoms with Crippen molar-refractivity contribution in [1.82, 2.24) is 4.90 Å². The van der Waals surface area contributed by atoms with Crippen molar-refractivity contribution in [3.63, 3.8) is 0 Å². The summed E-state index contributed by atoms with van der Waals surface area (Å²) in [7, 11) is 2.19. The third-order valence-corrected chi connectivity index (χ3v) is 5.50. The number of benzene rings is 2. The van der Waals surface area contributed by atoms with Crippen LogP contribution in [0.25, 0.3) is 0 Å². The molecule has 1 aliphatic rings. The van der Waals surface area contributed by atoms with Gasteiger partial charge in [0.25, 0.3) is 0 Å². The summed E-state index contributed by atoms with van der Waals surface area (Å²) in [5, 5.41) is 0. The van der Waals surface area contributed by atoms with Crippen LogP contribution in [0.2, 0.25) is 0 Å². The maximum absolute atomic E-state index is 12.5. The van der Waals surface area contributed by atoms with E-state index in [1.165, 1.54) is 12.8 Å². The Kier molecular flexibility index (Phi) is 7.88. The molecule has 4 heteroatoms. The number of hydrogen-bond acceptors (Lipinski definition) is 3. The predicted molar refractivity (Wildman–Crippen MR) is 112 cm³/mol. The van der Waals surface area contributed by atoms with E-state index in [2.05, 4.69) is 36.2 Å². The zero-order chi connectivity index (χ0) is 18.4. The smallest absolute Gasteiger partial charge is 0.306 e. The molecule has 1 atom stereocenters. The molecule has 1 saturated heterocycles. The Morgan fingerprint density at radius 2 is 1.59 bits per heavy atom. The number of hydrogen-bond donors (Lipinski definition) is 0. The van der Waals surface area contributed by atoms with Crippen LogP contribution in [0.4, 0.5) is 0 Å². The fourth-order valence-corrected chi connectivity index (χ4v) is 3.98. The number of esters is 1. The molecule has 27 heavy (non-hydrogen) atoms. The van der Waals surface area contributed by atoms with Crippen molar-refractivity contribution in [3.05, 3.63) is 71.8 Å². The number of rotatable bonds is 6. The highest BCUT2D eigenvalue weighted by atomic mass is 35.5. The first-order chi connectivity index (χ1) is 12.7. The van der Waals surface area contributed by atoms with Gasteiger partial charge in [0.05, 0.1) is 0 Å². The second-order valence-electron chi connectivity index (χ2n) is 7.22. The van der Waals surface area contributed by atoms with Gasteiger partial charge in [-0.2, -0.15) is 0 Å². The summed E-state index contributed by atoms with van der Waals surface area (Å²) in [5.41, 5.74) is 1.35. The van der Waals surface area contributed by atoms with Gasteiger partial charge in [-0.05, 0) is 26.4 Å². The molecule has 0 aromatic heterocycles. The average molecular weight is 388 g/mol. The van der Waals surface area contributed by atoms with Gasteiger partial charge in [-0.15, -0.1) is 12.4 Å². The Morgan fingerprint density at radius 1 is 1.04 bits per heavy atom. The van der Waals surface area contributed by atoms with E-state index in [4.69, 9.17) is 4.74 Å². The van der Waals surface area contributed by atoms with Crippen molar-refractivity contribution in [2.24, 2.45) is 0 Å². The van der Waals surface area contributed by atoms with Crippen molar-refractivity contribution in [3.8, 4) is 0 Å². The Labute approximate surface area is 169 Å². The number of halogens is 1. The topological polar surface area (TPSA) is 29.5 Å². The van der Waals surface area contributed by atoms with Crippen LogP contribution in [0.5, 0.6) is 0 Å². The highest BCUT2D eigenvalue weighted by molar-refractivity contribution is 5.85. The monoisotopic (exact) mass is 387 g/mol. The maximum Gasteiger partial charge on any atom is 0.306 e. The highest BCUT2D eigenvalue weighted by Gasteiger charge is 2.41. The molecule has 3 rings (SSSR count). The molecular formula is C23H30ClNO2. The van der Waals surface area contributed by atoms with E-state index in [-0.39, 0.29) is 18.4 Å². The van der Waals surface area contributed by atoms with E-state index in [9.17, 15) is 4.79 Å². The summed E-state index contributed by atoms with van der Waals surface area (Å²) in [6.45, 7) is 2.96. The first-order valence-corrected chi connectivity index (χ1v) is 9.69. The van der Waals surface area contributed by atoms with Crippen LogP contribution in [-0.2, 0) is 15.1 Å². The molecule has 146 valence electrons. The zero-order valence-corrected chi connectivity index (χ0v) is 17.1. The van der Waals surface area contributed by atoms with Crippen molar-refractivity contribution in [2.75, 3.05) is 13.6 Å². The molecule has 1 heterocycles. The summed E-state index contributed by atoms with van der Waals surface area (Å²) < 4.78 is 6.24. The van der Waals surface area contributed by atoms with Gasteiger partial charge >= 0.3 is 5.97 Å². The van der Waals surface area contributed by atoms with Crippen LogP contribution in [0.15, 0.2) is 60.7 Å². The molecule has 0 bridgehead atoms. The molecule has 0 spiro atoms. The van der Waals surface area contributed by atoms with Gasteiger partial charge in [-0.25, -0.2) is 0 Å². The maximum atomic E-state index is 12.5. The van der Waals surface area contributed by atoms with Crippen LogP contribution in [0.3, 0.4) is 0 Å². The molecule has 1 unspecified atom stereocenters. The first kappa shape index (κ1) is 21.5. The van der Waals surface area contributed by atoms with Gasteiger partial charge in [0.2, 0.25) is 0 Å². The third-order valence-electron chi connectivity index (χ3n) is 5.50. The highest BCUT2D eigenvalue weighted by Crippen LogP contribution is 2.40. The Bertz CT molecular complexity index is 665. The Morgan fingerprint density at radius 3 is 2.07 bits per heavy atom. The predicted octanol–water partition coefficient (Wildman–Crippen LogP) is 5.18. The van der Waals surface area contributed by atoms with E-state index in [0.29, 0.717) is 12.5 Å². The van der Waals surface area contributed by atoms with Crippen LogP contribution in [0, 0.1) is 0 Å². The van der Waals surface area contributed by atoms with E-state index in [0.717, 1.165) is 30.5 Å². The molecule has 2 aromatic carbocycles. The largest absolute Gasteiger partial charge is 0.449 e. The molecule has 0 amide bonds. The molecule has 1 fully saturated rings. The minimum Gasteiger partial charge on any atom is -0.449 e. The van der Waals surface area contributed by atoms with E-state index >= 15 is 0 Å². The van der Waals surface area contributed by atoms with E-state index in [1.54, 1.807) is 0 Å². The van der Waals surface area contributed by atoms with Crippen LogP contribution >= 0.6 is 12.4 Å². The SMILES string of the molecule is CCC(=O)OC(CC1CCCCN1C)(c1ccccc1)c1ccccc1.Cl. The molecule has 0 saturated carbocycles. The van der Waals surface area contributed by atoms with Gasteiger partial charge in [-0.1, -0.05) is 74.0 Å². The molecule has 0 aliphatic carbocycles. The number of nitrogens with zero attached hydrogens (tertiary/aromatic N) is 1. The average Bonchev–Trinajstić information content (AvgIpc) is 2.70. The second-order valence-corrected chi connectivity index (χ2v) is 7.22. The van der Waals surface area contributed by atoms with Crippen molar-refractivity contribution >= 4 is 18.4 Å². The van der Waals surface area contributed by atoms with Gasteiger partial charge in [-0.3, -0.25) is 4.79 Å². The Hall–Kier alpha value is -1.84. The third kappa shape index (κ3) is 4.91. The molecule has 2 aromatic rings. The van der Waals surface area contributed by atoms with Gasteiger partial charge in [0, 0.05) is 30.0 Å². The number of piperidine rings is 1. The first-order valence-electron chi connectivity index (χ1n) is 9.69. The Balaban J connectivity index is 0.00000261. The van der Waals surface area contributed by atoms with Crippen molar-refractivity contribution in [1.29, 1.82) is 0 Å². The number of carbonyl (C=O) groups is 1. The summed E-state index contributed by atoms with van der Waals surface area (Å²) in [4.78, 5) is 14.9. The van der Waals surface area contributed by atoms with Gasteiger partial charge in [0.15, 0.2) is 5.60 Å². The van der Waals surface area contributed by atoms with Crippen molar-refractivity contribution in [2.45, 2.75) is 50.7 Å². The fraction of sp³-hybridized carbons (Fsp3) is 0.435. The van der Waals surface area contributed by atoms with E-state index in [1.807, 2.05) is 43.3 Å². The summed E-state index contributed by atoms with van der Waals surface area (Å²) in [6, 6.07) is 20.8. The normalized spacial score (nSPS) is 17.8. The molecule has 3 nitrogen and oxygen atoms in total. The molecule has 0 N–H and O–H groups in total. The zero-order valence-electron chi connectivity index (χ0n) is 16.3. The van der Waals surface area contributed by atoms with Gasteiger partial charge in [0.1, 0.15) is 0 Å². The van der Waals surface area contributed by atoms with Crippen LogP contribution in [-0.4, -0.2) is 30.5 Å². The lowest BCUT2D eigenvalue weighted by molar-refractivity contribution is -0.158. The minimum atomic E-state index is -0.744. The summed E-state index contributed by atoms with van der Waals surface area (Å²) in [6.07, 6.45) is 4.77. The number of carbonyl (C=O) groups excluding carboxylic acids is 1. The quantitative estimate of drug-likeness (QED) is 0.639. The van der Waals surface area contributed by atoms with Gasteiger partial charge < -0.3 is 9.64 Å². The lowest BCUT2D eigenvalue weighted by atomic mass is 9.79. The lowest BCUT2D eigenvalue weighted by Gasteiger charge is -2.41. The molecule has 0 radical (unpaired) electrons. The molecular weight excluding hydrogens is 358 g/mol. The number of likely N-dealkylation sites (tertiary alicyclic amines) is 1. The molecule has 1 aliphatic heterocycles. The standard InChI is InChI=1S/C23H29NO2.ClH/c1-3-22(25)26-23(19-12-6-4-7-13-19,20-14-8-5-9-15-20)18-21-16-10-11-17-24(21)2;/h4-9,12-15,21H,3,10-11,16-18H2,1-2H3;1H. The van der Waals surface area contributed by atoms with Crippen LogP contribution in [0.1, 0.15) is 50.2 Å². The lowest BCUT2D eigenvalue weighted by Crippen LogP contribution is -2.44. The summed E-state index contributed by atoms with van der Waals surface area (Å²) in [5.74, 6) is -0.156. The van der Waals surface area contributed by atoms with E-state index < -0.39 is 5.60 Å². The van der Waals surface area contributed by atoms with Crippen LogP contribution < -0.4 is 0 Å².